The van der Waals surface area contributed by atoms with Crippen molar-refractivity contribution in [2.45, 2.75) is 44.4 Å². The van der Waals surface area contributed by atoms with Gasteiger partial charge in [0.2, 0.25) is 0 Å². The predicted octanol–water partition coefficient (Wildman–Crippen LogP) is 5.17. The van der Waals surface area contributed by atoms with Gasteiger partial charge in [-0.05, 0) is 60.8 Å². The van der Waals surface area contributed by atoms with Crippen molar-refractivity contribution in [3.8, 4) is 5.75 Å². The molecule has 1 fully saturated rings. The van der Waals surface area contributed by atoms with Crippen LogP contribution in [0.4, 0.5) is 0 Å². The number of ketones is 1. The number of rotatable bonds is 6. The van der Waals surface area contributed by atoms with E-state index in [2.05, 4.69) is 30.3 Å². The molecule has 2 nitrogen and oxygen atoms in total. The first-order valence-corrected chi connectivity index (χ1v) is 8.94. The van der Waals surface area contributed by atoms with Gasteiger partial charge < -0.3 is 4.74 Å². The molecule has 0 N–H and O–H groups in total. The lowest BCUT2D eigenvalue weighted by molar-refractivity contribution is -0.119. The van der Waals surface area contributed by atoms with Gasteiger partial charge in [-0.3, -0.25) is 4.79 Å². The Labute approximate surface area is 144 Å². The maximum atomic E-state index is 12.4. The third-order valence-electron chi connectivity index (χ3n) is 5.19. The molecule has 0 spiro atoms. The molecule has 1 aliphatic carbocycles. The van der Waals surface area contributed by atoms with E-state index in [1.165, 1.54) is 31.2 Å². The predicted molar refractivity (Wildman–Crippen MR) is 97.5 cm³/mol. The highest BCUT2D eigenvalue weighted by atomic mass is 16.5. The van der Waals surface area contributed by atoms with Gasteiger partial charge in [-0.1, -0.05) is 42.5 Å². The zero-order valence-corrected chi connectivity index (χ0v) is 14.4. The van der Waals surface area contributed by atoms with Gasteiger partial charge in [-0.2, -0.15) is 0 Å². The van der Waals surface area contributed by atoms with Crippen LogP contribution in [0.15, 0.2) is 54.6 Å². The van der Waals surface area contributed by atoms with Gasteiger partial charge in [0.05, 0.1) is 7.11 Å². The van der Waals surface area contributed by atoms with E-state index in [-0.39, 0.29) is 0 Å². The molecule has 3 rings (SSSR count). The van der Waals surface area contributed by atoms with Crippen molar-refractivity contribution in [1.29, 1.82) is 0 Å². The number of hydrogen-bond acceptors (Lipinski definition) is 2. The molecule has 0 bridgehead atoms. The SMILES string of the molecule is COc1ccc(CC(=O)CC2CCC(c3ccccc3)CC2)cc1. The van der Waals surface area contributed by atoms with Crippen molar-refractivity contribution < 1.29 is 9.53 Å². The summed E-state index contributed by atoms with van der Waals surface area (Å²) in [6.45, 7) is 0. The Balaban J connectivity index is 1.46. The average Bonchev–Trinajstić information content (AvgIpc) is 2.64. The van der Waals surface area contributed by atoms with Crippen LogP contribution in [0.3, 0.4) is 0 Å². The Kier molecular flexibility index (Phi) is 5.68. The van der Waals surface area contributed by atoms with E-state index in [0.717, 1.165) is 17.7 Å². The monoisotopic (exact) mass is 322 g/mol. The van der Waals surface area contributed by atoms with Crippen molar-refractivity contribution in [2.24, 2.45) is 5.92 Å². The number of benzene rings is 2. The van der Waals surface area contributed by atoms with Gasteiger partial charge in [0.25, 0.3) is 0 Å². The minimum absolute atomic E-state index is 0.364. The van der Waals surface area contributed by atoms with Crippen LogP contribution >= 0.6 is 0 Å². The van der Waals surface area contributed by atoms with Crippen LogP contribution in [0.5, 0.6) is 5.75 Å². The number of Topliss-reactive ketones (excluding diaryl/α,β-unsaturated/α-hetero) is 1. The van der Waals surface area contributed by atoms with E-state index in [0.29, 0.717) is 24.0 Å². The van der Waals surface area contributed by atoms with Crippen LogP contribution in [0.25, 0.3) is 0 Å². The number of carbonyl (C=O) groups excluding carboxylic acids is 1. The second kappa shape index (κ2) is 8.14. The summed E-state index contributed by atoms with van der Waals surface area (Å²) in [7, 11) is 1.66. The van der Waals surface area contributed by atoms with Crippen LogP contribution in [-0.2, 0) is 11.2 Å². The van der Waals surface area contributed by atoms with Gasteiger partial charge >= 0.3 is 0 Å². The third-order valence-corrected chi connectivity index (χ3v) is 5.19. The fraction of sp³-hybridized carbons (Fsp3) is 0.409. The molecule has 1 aliphatic rings. The molecular weight excluding hydrogens is 296 g/mol. The van der Waals surface area contributed by atoms with Crippen LogP contribution in [0.2, 0.25) is 0 Å². The van der Waals surface area contributed by atoms with E-state index in [4.69, 9.17) is 4.74 Å². The normalized spacial score (nSPS) is 20.5. The lowest BCUT2D eigenvalue weighted by atomic mass is 9.77. The number of ether oxygens (including phenoxy) is 1. The van der Waals surface area contributed by atoms with Crippen LogP contribution in [0, 0.1) is 5.92 Å². The summed E-state index contributed by atoms with van der Waals surface area (Å²) in [5.41, 5.74) is 2.54. The van der Waals surface area contributed by atoms with E-state index >= 15 is 0 Å². The molecular formula is C22H26O2. The topological polar surface area (TPSA) is 26.3 Å². The van der Waals surface area contributed by atoms with Crippen molar-refractivity contribution in [3.63, 3.8) is 0 Å². The molecule has 0 saturated heterocycles. The second-order valence-electron chi connectivity index (χ2n) is 6.90. The average molecular weight is 322 g/mol. The molecule has 0 aliphatic heterocycles. The maximum Gasteiger partial charge on any atom is 0.137 e. The standard InChI is InChI=1S/C22H26O2/c1-24-22-13-9-18(10-14-22)16-21(23)15-17-7-11-20(12-8-17)19-5-3-2-4-6-19/h2-6,9-10,13-14,17,20H,7-8,11-12,15-16H2,1H3. The zero-order valence-electron chi connectivity index (χ0n) is 14.4. The molecule has 2 aromatic rings. The minimum Gasteiger partial charge on any atom is -0.497 e. The van der Waals surface area contributed by atoms with Gasteiger partial charge in [0, 0.05) is 12.8 Å². The summed E-state index contributed by atoms with van der Waals surface area (Å²) in [6, 6.07) is 18.6. The molecule has 126 valence electrons. The van der Waals surface area contributed by atoms with Gasteiger partial charge in [0.1, 0.15) is 11.5 Å². The van der Waals surface area contributed by atoms with Crippen LogP contribution in [0.1, 0.15) is 49.1 Å². The summed E-state index contributed by atoms with van der Waals surface area (Å²) in [5.74, 6) is 2.45. The molecule has 0 unspecified atom stereocenters. The van der Waals surface area contributed by atoms with E-state index in [1.54, 1.807) is 7.11 Å². The highest BCUT2D eigenvalue weighted by Gasteiger charge is 2.23. The first kappa shape index (κ1) is 16.8. The number of hydrogen-bond donors (Lipinski definition) is 0. The Morgan fingerprint density at radius 2 is 1.62 bits per heavy atom. The smallest absolute Gasteiger partial charge is 0.137 e. The quantitative estimate of drug-likeness (QED) is 0.733. The van der Waals surface area contributed by atoms with E-state index in [1.807, 2.05) is 24.3 Å². The van der Waals surface area contributed by atoms with Gasteiger partial charge in [-0.15, -0.1) is 0 Å². The van der Waals surface area contributed by atoms with Crippen molar-refractivity contribution >= 4 is 5.78 Å². The number of carbonyl (C=O) groups is 1. The van der Waals surface area contributed by atoms with E-state index in [9.17, 15) is 4.79 Å². The molecule has 0 amide bonds. The largest absolute Gasteiger partial charge is 0.497 e. The van der Waals surface area contributed by atoms with Gasteiger partial charge in [0.15, 0.2) is 0 Å². The fourth-order valence-corrected chi connectivity index (χ4v) is 3.79. The summed E-state index contributed by atoms with van der Waals surface area (Å²) in [4.78, 5) is 12.4. The summed E-state index contributed by atoms with van der Waals surface area (Å²) in [6.07, 6.45) is 6.05. The highest BCUT2D eigenvalue weighted by molar-refractivity contribution is 5.81. The first-order chi connectivity index (χ1) is 11.7. The van der Waals surface area contributed by atoms with Crippen LogP contribution in [-0.4, -0.2) is 12.9 Å². The van der Waals surface area contributed by atoms with Crippen molar-refractivity contribution in [3.05, 3.63) is 65.7 Å². The Hall–Kier alpha value is -2.09. The summed E-state index contributed by atoms with van der Waals surface area (Å²) < 4.78 is 5.16. The lowest BCUT2D eigenvalue weighted by Gasteiger charge is -2.28. The highest BCUT2D eigenvalue weighted by Crippen LogP contribution is 2.37. The number of methoxy groups -OCH3 is 1. The second-order valence-corrected chi connectivity index (χ2v) is 6.90. The van der Waals surface area contributed by atoms with E-state index < -0.39 is 0 Å². The molecule has 0 heterocycles. The maximum absolute atomic E-state index is 12.4. The zero-order chi connectivity index (χ0) is 16.8. The van der Waals surface area contributed by atoms with Gasteiger partial charge in [-0.25, -0.2) is 0 Å². The molecule has 2 aromatic carbocycles. The minimum atomic E-state index is 0.364. The lowest BCUT2D eigenvalue weighted by Crippen LogP contribution is -2.17. The summed E-state index contributed by atoms with van der Waals surface area (Å²) >= 11 is 0. The fourth-order valence-electron chi connectivity index (χ4n) is 3.79. The Bertz CT molecular complexity index is 637. The van der Waals surface area contributed by atoms with Crippen molar-refractivity contribution in [1.82, 2.24) is 0 Å². The van der Waals surface area contributed by atoms with Crippen LogP contribution < -0.4 is 4.74 Å². The third kappa shape index (κ3) is 4.47. The van der Waals surface area contributed by atoms with Crippen molar-refractivity contribution in [2.75, 3.05) is 7.11 Å². The Morgan fingerprint density at radius 3 is 2.25 bits per heavy atom. The Morgan fingerprint density at radius 1 is 0.958 bits per heavy atom. The first-order valence-electron chi connectivity index (χ1n) is 8.94. The molecule has 0 radical (unpaired) electrons. The molecule has 2 heteroatoms. The molecule has 1 saturated carbocycles. The molecule has 0 atom stereocenters. The molecule has 0 aromatic heterocycles. The molecule has 24 heavy (non-hydrogen) atoms. The summed E-state index contributed by atoms with van der Waals surface area (Å²) in [5, 5.41) is 0.